The van der Waals surface area contributed by atoms with Crippen molar-refractivity contribution in [3.8, 4) is 5.75 Å². The Balaban J connectivity index is 1.17. The number of hydrogen-bond acceptors (Lipinski definition) is 7. The van der Waals surface area contributed by atoms with Gasteiger partial charge in [0.1, 0.15) is 6.61 Å². The van der Waals surface area contributed by atoms with Crippen molar-refractivity contribution in [2.24, 2.45) is 0 Å². The number of carbonyl (C=O) groups excluding carboxylic acids is 1. The number of hydrogen-bond donors (Lipinski definition) is 1. The normalized spacial score (nSPS) is 20.2. The number of rotatable bonds is 8. The van der Waals surface area contributed by atoms with Crippen LogP contribution in [0.4, 0.5) is 17.1 Å². The van der Waals surface area contributed by atoms with Crippen molar-refractivity contribution in [3.05, 3.63) is 58.1 Å². The third-order valence-corrected chi connectivity index (χ3v) is 7.59. The van der Waals surface area contributed by atoms with E-state index in [1.54, 1.807) is 12.1 Å². The lowest BCUT2D eigenvalue weighted by Gasteiger charge is -2.37. The second-order valence-corrected chi connectivity index (χ2v) is 11.2. The second-order valence-electron chi connectivity index (χ2n) is 11.2. The molecule has 9 heteroatoms. The zero-order valence-corrected chi connectivity index (χ0v) is 22.9. The van der Waals surface area contributed by atoms with Crippen LogP contribution in [0.5, 0.6) is 5.75 Å². The summed E-state index contributed by atoms with van der Waals surface area (Å²) in [7, 11) is 1.43. The molecule has 1 aliphatic carbocycles. The number of carbonyl (C=O) groups is 1. The highest BCUT2D eigenvalue weighted by Gasteiger charge is 2.26. The van der Waals surface area contributed by atoms with Crippen molar-refractivity contribution in [2.45, 2.75) is 64.0 Å². The largest absolute Gasteiger partial charge is 0.490 e. The monoisotopic (exact) mass is 524 g/mol. The first kappa shape index (κ1) is 27.7. The predicted molar refractivity (Wildman–Crippen MR) is 149 cm³/mol. The van der Waals surface area contributed by atoms with Gasteiger partial charge >= 0.3 is 5.69 Å². The van der Waals surface area contributed by atoms with E-state index in [9.17, 15) is 14.9 Å². The number of nitrogens with one attached hydrogen (secondary N) is 1. The summed E-state index contributed by atoms with van der Waals surface area (Å²) in [6.07, 6.45) is 3.63. The van der Waals surface area contributed by atoms with Crippen LogP contribution < -0.4 is 15.0 Å². The Morgan fingerprint density at radius 1 is 1.03 bits per heavy atom. The first-order valence-electron chi connectivity index (χ1n) is 13.5. The summed E-state index contributed by atoms with van der Waals surface area (Å²) >= 11 is 0. The van der Waals surface area contributed by atoms with Gasteiger partial charge in [-0.05, 0) is 54.9 Å². The van der Waals surface area contributed by atoms with Crippen LogP contribution in [-0.4, -0.2) is 67.8 Å². The first-order chi connectivity index (χ1) is 18.1. The number of benzene rings is 2. The van der Waals surface area contributed by atoms with Crippen molar-refractivity contribution < 1.29 is 19.2 Å². The van der Waals surface area contributed by atoms with Crippen molar-refractivity contribution in [2.75, 3.05) is 50.1 Å². The molecule has 1 saturated carbocycles. The van der Waals surface area contributed by atoms with E-state index >= 15 is 0 Å². The Kier molecular flexibility index (Phi) is 8.76. The van der Waals surface area contributed by atoms with E-state index in [0.717, 1.165) is 44.5 Å². The van der Waals surface area contributed by atoms with Crippen LogP contribution >= 0.6 is 0 Å². The van der Waals surface area contributed by atoms with E-state index in [1.807, 2.05) is 4.90 Å². The Bertz CT molecular complexity index is 1100. The number of nitro groups is 1. The van der Waals surface area contributed by atoms with Gasteiger partial charge in [0.15, 0.2) is 5.75 Å². The van der Waals surface area contributed by atoms with Crippen LogP contribution in [0.3, 0.4) is 0 Å². The number of ether oxygens (including phenoxy) is 2. The molecule has 2 aliphatic rings. The summed E-state index contributed by atoms with van der Waals surface area (Å²) in [4.78, 5) is 27.7. The Hall–Kier alpha value is -3.33. The number of methoxy groups -OCH3 is 1. The average molecular weight is 525 g/mol. The summed E-state index contributed by atoms with van der Waals surface area (Å²) < 4.78 is 11.2. The topological polar surface area (TPSA) is 97.2 Å². The minimum atomic E-state index is -0.446. The maximum atomic E-state index is 12.8. The van der Waals surface area contributed by atoms with Gasteiger partial charge in [0.05, 0.1) is 18.1 Å². The van der Waals surface area contributed by atoms with Crippen LogP contribution in [0.25, 0.3) is 0 Å². The molecule has 0 aromatic heterocycles. The molecule has 0 bridgehead atoms. The average Bonchev–Trinajstić information content (AvgIpc) is 2.92. The first-order valence-corrected chi connectivity index (χ1v) is 13.5. The van der Waals surface area contributed by atoms with Gasteiger partial charge in [-0.25, -0.2) is 0 Å². The molecule has 1 saturated heterocycles. The molecule has 0 atom stereocenters. The highest BCUT2D eigenvalue weighted by molar-refractivity contribution is 5.77. The predicted octanol–water partition coefficient (Wildman–Crippen LogP) is 4.99. The molecule has 206 valence electrons. The summed E-state index contributed by atoms with van der Waals surface area (Å²) in [5.41, 5.74) is 3.43. The fraction of sp³-hybridized carbons (Fsp3) is 0.552. The van der Waals surface area contributed by atoms with Gasteiger partial charge < -0.3 is 24.6 Å². The number of anilines is 2. The summed E-state index contributed by atoms with van der Waals surface area (Å²) in [6, 6.07) is 13.9. The molecule has 9 nitrogen and oxygen atoms in total. The second kappa shape index (κ2) is 12.0. The van der Waals surface area contributed by atoms with Crippen LogP contribution in [0.2, 0.25) is 0 Å². The molecule has 4 rings (SSSR count). The summed E-state index contributed by atoms with van der Waals surface area (Å²) in [5, 5.41) is 14.6. The third kappa shape index (κ3) is 6.95. The SMILES string of the molecule is COc1cc(NC2CCC(OCC(=O)N3CCN(c4ccc(C(C)(C)C)cc4)CC3)CC2)ccc1[N+](=O)[O-]. The van der Waals surface area contributed by atoms with Gasteiger partial charge in [0, 0.05) is 55.7 Å². The third-order valence-electron chi connectivity index (χ3n) is 7.59. The van der Waals surface area contributed by atoms with E-state index in [0.29, 0.717) is 13.1 Å². The maximum absolute atomic E-state index is 12.8. The van der Waals surface area contributed by atoms with Crippen LogP contribution in [0.15, 0.2) is 42.5 Å². The number of nitrogens with zero attached hydrogens (tertiary/aromatic N) is 3. The van der Waals surface area contributed by atoms with E-state index in [2.05, 4.69) is 55.3 Å². The lowest BCUT2D eigenvalue weighted by molar-refractivity contribution is -0.385. The molecule has 2 aromatic carbocycles. The molecular weight excluding hydrogens is 484 g/mol. The maximum Gasteiger partial charge on any atom is 0.311 e. The van der Waals surface area contributed by atoms with Crippen molar-refractivity contribution >= 4 is 23.0 Å². The number of amides is 1. The quantitative estimate of drug-likeness (QED) is 0.384. The van der Waals surface area contributed by atoms with Gasteiger partial charge in [-0.3, -0.25) is 14.9 Å². The van der Waals surface area contributed by atoms with Crippen LogP contribution in [0.1, 0.15) is 52.0 Å². The summed E-state index contributed by atoms with van der Waals surface area (Å²) in [6.45, 7) is 9.85. The molecular formula is C29H40N4O5. The van der Waals surface area contributed by atoms with Crippen molar-refractivity contribution in [3.63, 3.8) is 0 Å². The standard InChI is InChI=1S/C29H40N4O5/c1-29(2,3)21-5-10-24(11-6-21)31-15-17-32(18-16-31)28(34)20-38-25-12-7-22(8-13-25)30-23-9-14-26(33(35)36)27(19-23)37-4/h5-6,9-11,14,19,22,25,30H,7-8,12-13,15-18,20H2,1-4H3. The summed E-state index contributed by atoms with van der Waals surface area (Å²) in [5.74, 6) is 0.306. The Labute approximate surface area is 225 Å². The van der Waals surface area contributed by atoms with E-state index in [-0.39, 0.29) is 41.5 Å². The van der Waals surface area contributed by atoms with E-state index < -0.39 is 4.92 Å². The smallest absolute Gasteiger partial charge is 0.311 e. The number of piperazine rings is 1. The van der Waals surface area contributed by atoms with E-state index in [4.69, 9.17) is 9.47 Å². The minimum Gasteiger partial charge on any atom is -0.490 e. The lowest BCUT2D eigenvalue weighted by atomic mass is 9.87. The molecule has 2 aromatic rings. The molecule has 38 heavy (non-hydrogen) atoms. The van der Waals surface area contributed by atoms with E-state index in [1.165, 1.54) is 24.4 Å². The van der Waals surface area contributed by atoms with Crippen LogP contribution in [0, 0.1) is 10.1 Å². The fourth-order valence-electron chi connectivity index (χ4n) is 5.19. The molecule has 1 aliphatic heterocycles. The van der Waals surface area contributed by atoms with Crippen molar-refractivity contribution in [1.29, 1.82) is 0 Å². The Morgan fingerprint density at radius 3 is 2.26 bits per heavy atom. The van der Waals surface area contributed by atoms with Gasteiger partial charge in [-0.1, -0.05) is 32.9 Å². The molecule has 1 amide bonds. The molecule has 0 unspecified atom stereocenters. The molecule has 0 spiro atoms. The highest BCUT2D eigenvalue weighted by Crippen LogP contribution is 2.32. The minimum absolute atomic E-state index is 0.0454. The molecule has 1 N–H and O–H groups in total. The van der Waals surface area contributed by atoms with Gasteiger partial charge in [0.2, 0.25) is 5.91 Å². The highest BCUT2D eigenvalue weighted by atomic mass is 16.6. The molecule has 1 heterocycles. The lowest BCUT2D eigenvalue weighted by Crippen LogP contribution is -2.50. The van der Waals surface area contributed by atoms with Crippen LogP contribution in [-0.2, 0) is 14.9 Å². The van der Waals surface area contributed by atoms with Gasteiger partial charge in [-0.2, -0.15) is 0 Å². The Morgan fingerprint density at radius 2 is 1.68 bits per heavy atom. The zero-order chi connectivity index (χ0) is 27.3. The fourth-order valence-corrected chi connectivity index (χ4v) is 5.19. The van der Waals surface area contributed by atoms with Gasteiger partial charge in [-0.15, -0.1) is 0 Å². The molecule has 0 radical (unpaired) electrons. The molecule has 2 fully saturated rings. The number of nitro benzene ring substituents is 1. The van der Waals surface area contributed by atoms with Gasteiger partial charge in [0.25, 0.3) is 0 Å². The zero-order valence-electron chi connectivity index (χ0n) is 22.9. The van der Waals surface area contributed by atoms with Crippen molar-refractivity contribution in [1.82, 2.24) is 4.90 Å².